The Labute approximate surface area is 294 Å². The molecule has 0 aliphatic rings. The maximum atomic E-state index is 6.41. The molecule has 1 aromatic heterocycles. The van der Waals surface area contributed by atoms with Crippen molar-refractivity contribution >= 4 is 75.8 Å². The molecule has 0 bridgehead atoms. The number of hydrogen-bond donors (Lipinski definition) is 0. The third-order valence-electron chi connectivity index (χ3n) is 10.8. The van der Waals surface area contributed by atoms with Gasteiger partial charge in [-0.3, -0.25) is 0 Å². The second kappa shape index (κ2) is 10.9. The average molecular weight is 647 g/mol. The molecule has 1 heterocycles. The van der Waals surface area contributed by atoms with E-state index in [0.717, 1.165) is 11.2 Å². The van der Waals surface area contributed by atoms with Crippen molar-refractivity contribution in [3.05, 3.63) is 182 Å². The predicted molar refractivity (Wildman–Crippen MR) is 218 cm³/mol. The summed E-state index contributed by atoms with van der Waals surface area (Å²) in [5.74, 6) is 0. The van der Waals surface area contributed by atoms with E-state index in [1.165, 1.54) is 98.0 Å². The molecule has 0 fully saturated rings. The third kappa shape index (κ3) is 4.16. The van der Waals surface area contributed by atoms with Crippen LogP contribution in [-0.2, 0) is 0 Å². The van der Waals surface area contributed by atoms with E-state index in [1.807, 2.05) is 0 Å². The topological polar surface area (TPSA) is 13.1 Å². The van der Waals surface area contributed by atoms with Crippen LogP contribution in [0.5, 0.6) is 0 Å². The minimum Gasteiger partial charge on any atom is -0.456 e. The zero-order valence-electron chi connectivity index (χ0n) is 27.7. The Morgan fingerprint density at radius 1 is 0.275 bits per heavy atom. The standard InChI is InChI=1S/C50H30O/c1-4-15-36-31(12-1)28-29-46-50(36)49-37(22-11-23-45(49)51-46)32-24-26-33(27-25-32)47-40-18-7-9-20-42(40)48(43-21-10-8-19-41(43)47)44-30-34-13-2-3-14-35(34)38-16-5-6-17-39(38)44/h1-30H. The number of furan rings is 1. The molecule has 10 aromatic carbocycles. The van der Waals surface area contributed by atoms with Crippen LogP contribution in [0.4, 0.5) is 0 Å². The number of benzene rings is 10. The van der Waals surface area contributed by atoms with Crippen LogP contribution in [0.25, 0.3) is 109 Å². The number of rotatable bonds is 3. The molecule has 236 valence electrons. The molecule has 1 heteroatoms. The van der Waals surface area contributed by atoms with Crippen LogP contribution in [0, 0.1) is 0 Å². The SMILES string of the molecule is c1ccc2c(c1)cc(-c1c3ccccc3c(-c3ccc(-c4cccc5oc6ccc7ccccc7c6c45)cc3)c3ccccc13)c1ccccc12. The van der Waals surface area contributed by atoms with E-state index in [-0.39, 0.29) is 0 Å². The van der Waals surface area contributed by atoms with Crippen molar-refractivity contribution < 1.29 is 4.42 Å². The molecule has 0 N–H and O–H groups in total. The Kier molecular flexibility index (Phi) is 6.02. The molecular formula is C50H30O. The summed E-state index contributed by atoms with van der Waals surface area (Å²) in [6, 6.07) is 66.3. The van der Waals surface area contributed by atoms with Crippen molar-refractivity contribution in [2.24, 2.45) is 0 Å². The molecule has 11 aromatic rings. The highest BCUT2D eigenvalue weighted by Gasteiger charge is 2.20. The Morgan fingerprint density at radius 2 is 0.804 bits per heavy atom. The van der Waals surface area contributed by atoms with Gasteiger partial charge in [0.05, 0.1) is 0 Å². The van der Waals surface area contributed by atoms with Gasteiger partial charge in [-0.1, -0.05) is 164 Å². The lowest BCUT2D eigenvalue weighted by molar-refractivity contribution is 0.669. The Bertz CT molecular complexity index is 3120. The first kappa shape index (κ1) is 28.2. The Balaban J connectivity index is 1.15. The minimum absolute atomic E-state index is 0.914. The molecule has 0 saturated heterocycles. The van der Waals surface area contributed by atoms with Crippen LogP contribution in [0.1, 0.15) is 0 Å². The summed E-state index contributed by atoms with van der Waals surface area (Å²) < 4.78 is 6.41. The zero-order valence-corrected chi connectivity index (χ0v) is 27.7. The largest absolute Gasteiger partial charge is 0.456 e. The first-order chi connectivity index (χ1) is 25.3. The lowest BCUT2D eigenvalue weighted by Crippen LogP contribution is -1.92. The van der Waals surface area contributed by atoms with Crippen molar-refractivity contribution in [2.45, 2.75) is 0 Å². The van der Waals surface area contributed by atoms with Crippen LogP contribution in [-0.4, -0.2) is 0 Å². The van der Waals surface area contributed by atoms with Gasteiger partial charge in [-0.05, 0) is 105 Å². The maximum Gasteiger partial charge on any atom is 0.136 e. The molecule has 0 aliphatic carbocycles. The average Bonchev–Trinajstić information content (AvgIpc) is 3.60. The van der Waals surface area contributed by atoms with Crippen LogP contribution in [0.3, 0.4) is 0 Å². The molecule has 1 nitrogen and oxygen atoms in total. The highest BCUT2D eigenvalue weighted by atomic mass is 16.3. The van der Waals surface area contributed by atoms with Crippen molar-refractivity contribution in [1.29, 1.82) is 0 Å². The summed E-state index contributed by atoms with van der Waals surface area (Å²) in [5.41, 5.74) is 9.22. The summed E-state index contributed by atoms with van der Waals surface area (Å²) in [6.45, 7) is 0. The predicted octanol–water partition coefficient (Wildman–Crippen LogP) is 14.4. The van der Waals surface area contributed by atoms with E-state index in [2.05, 4.69) is 182 Å². The molecular weight excluding hydrogens is 617 g/mol. The fourth-order valence-corrected chi connectivity index (χ4v) is 8.63. The Morgan fingerprint density at radius 3 is 1.51 bits per heavy atom. The second-order valence-corrected chi connectivity index (χ2v) is 13.5. The van der Waals surface area contributed by atoms with Crippen molar-refractivity contribution in [2.75, 3.05) is 0 Å². The van der Waals surface area contributed by atoms with Gasteiger partial charge in [0.15, 0.2) is 0 Å². The van der Waals surface area contributed by atoms with Gasteiger partial charge >= 0.3 is 0 Å². The summed E-state index contributed by atoms with van der Waals surface area (Å²) >= 11 is 0. The molecule has 0 saturated carbocycles. The van der Waals surface area contributed by atoms with E-state index >= 15 is 0 Å². The molecule has 11 rings (SSSR count). The minimum atomic E-state index is 0.914. The summed E-state index contributed by atoms with van der Waals surface area (Å²) in [4.78, 5) is 0. The van der Waals surface area contributed by atoms with Gasteiger partial charge in [0.1, 0.15) is 11.2 Å². The van der Waals surface area contributed by atoms with Crippen molar-refractivity contribution in [1.82, 2.24) is 0 Å². The van der Waals surface area contributed by atoms with E-state index in [9.17, 15) is 0 Å². The fourth-order valence-electron chi connectivity index (χ4n) is 8.63. The highest BCUT2D eigenvalue weighted by molar-refractivity contribution is 6.26. The van der Waals surface area contributed by atoms with Gasteiger partial charge in [0, 0.05) is 10.8 Å². The summed E-state index contributed by atoms with van der Waals surface area (Å²) in [7, 11) is 0. The lowest BCUT2D eigenvalue weighted by atomic mass is 9.83. The van der Waals surface area contributed by atoms with E-state index in [1.54, 1.807) is 0 Å². The molecule has 0 aliphatic heterocycles. The zero-order chi connectivity index (χ0) is 33.5. The molecule has 0 spiro atoms. The van der Waals surface area contributed by atoms with E-state index in [0.29, 0.717) is 0 Å². The molecule has 51 heavy (non-hydrogen) atoms. The quantitative estimate of drug-likeness (QED) is 0.138. The van der Waals surface area contributed by atoms with Crippen molar-refractivity contribution in [3.63, 3.8) is 0 Å². The molecule has 0 unspecified atom stereocenters. The number of hydrogen-bond acceptors (Lipinski definition) is 1. The first-order valence-corrected chi connectivity index (χ1v) is 17.6. The number of fused-ring (bicyclic) bond motifs is 10. The van der Waals surface area contributed by atoms with Gasteiger partial charge in [0.25, 0.3) is 0 Å². The second-order valence-electron chi connectivity index (χ2n) is 13.5. The maximum absolute atomic E-state index is 6.41. The first-order valence-electron chi connectivity index (χ1n) is 17.6. The normalized spacial score (nSPS) is 11.9. The van der Waals surface area contributed by atoms with Crippen LogP contribution in [0.15, 0.2) is 186 Å². The van der Waals surface area contributed by atoms with Gasteiger partial charge < -0.3 is 4.42 Å². The monoisotopic (exact) mass is 646 g/mol. The van der Waals surface area contributed by atoms with Gasteiger partial charge in [-0.15, -0.1) is 0 Å². The van der Waals surface area contributed by atoms with Crippen LogP contribution in [0.2, 0.25) is 0 Å². The lowest BCUT2D eigenvalue weighted by Gasteiger charge is -2.19. The molecule has 0 radical (unpaired) electrons. The van der Waals surface area contributed by atoms with Gasteiger partial charge in [-0.25, -0.2) is 0 Å². The van der Waals surface area contributed by atoms with E-state index < -0.39 is 0 Å². The third-order valence-corrected chi connectivity index (χ3v) is 10.8. The molecule has 0 atom stereocenters. The van der Waals surface area contributed by atoms with Gasteiger partial charge in [0.2, 0.25) is 0 Å². The van der Waals surface area contributed by atoms with E-state index in [4.69, 9.17) is 4.42 Å². The summed E-state index contributed by atoms with van der Waals surface area (Å²) in [5, 5.41) is 14.9. The summed E-state index contributed by atoms with van der Waals surface area (Å²) in [6.07, 6.45) is 0. The highest BCUT2D eigenvalue weighted by Crippen LogP contribution is 2.47. The smallest absolute Gasteiger partial charge is 0.136 e. The molecule has 0 amide bonds. The van der Waals surface area contributed by atoms with Crippen LogP contribution < -0.4 is 0 Å². The Hall–Kier alpha value is -6.70. The van der Waals surface area contributed by atoms with Gasteiger partial charge in [-0.2, -0.15) is 0 Å². The van der Waals surface area contributed by atoms with Crippen molar-refractivity contribution in [3.8, 4) is 33.4 Å². The van der Waals surface area contributed by atoms with Crippen LogP contribution >= 0.6 is 0 Å². The fraction of sp³-hybridized carbons (Fsp3) is 0.